The van der Waals surface area contributed by atoms with E-state index < -0.39 is 0 Å². The monoisotopic (exact) mass is 572 g/mol. The molecule has 0 aromatic carbocycles. The minimum absolute atomic E-state index is 0. The first kappa shape index (κ1) is 58.1. The van der Waals surface area contributed by atoms with Gasteiger partial charge in [0.25, 0.3) is 0 Å². The van der Waals surface area contributed by atoms with Crippen LogP contribution in [0.15, 0.2) is 0 Å². The summed E-state index contributed by atoms with van der Waals surface area (Å²) in [6.07, 6.45) is 0. The van der Waals surface area contributed by atoms with Gasteiger partial charge in [0.1, 0.15) is 0 Å². The van der Waals surface area contributed by atoms with Crippen molar-refractivity contribution in [2.45, 2.75) is 79.6 Å². The van der Waals surface area contributed by atoms with E-state index in [1.807, 2.05) is 0 Å². The van der Waals surface area contributed by atoms with Gasteiger partial charge in [0, 0.05) is 75.8 Å². The Bertz CT molecular complexity index is 407. The summed E-state index contributed by atoms with van der Waals surface area (Å²) in [6.45, 7) is 44.3. The molecule has 0 aromatic heterocycles. The smallest absolute Gasteiger partial charge is 0 e. The van der Waals surface area contributed by atoms with Crippen molar-refractivity contribution < 1.29 is 66.8 Å². The van der Waals surface area contributed by atoms with Crippen LogP contribution in [0, 0.1) is 39.9 Å². The number of hydrogen-bond acceptors (Lipinski definition) is 3. The summed E-state index contributed by atoms with van der Waals surface area (Å²) in [5.74, 6) is 0. The van der Waals surface area contributed by atoms with Gasteiger partial charge in [-0.1, -0.05) is 0 Å². The van der Waals surface area contributed by atoms with Crippen LogP contribution in [0.5, 0.6) is 0 Å². The van der Waals surface area contributed by atoms with Crippen molar-refractivity contribution in [2.75, 3.05) is 0 Å². The van der Waals surface area contributed by atoms with Gasteiger partial charge in [0.2, 0.25) is 0 Å². The molecule has 0 fully saturated rings. The first-order chi connectivity index (χ1) is 14.2. The van der Waals surface area contributed by atoms with Crippen molar-refractivity contribution in [3.8, 4) is 0 Å². The van der Waals surface area contributed by atoms with Gasteiger partial charge in [-0.25, -0.2) is 0 Å². The molecule has 0 aromatic rings. The summed E-state index contributed by atoms with van der Waals surface area (Å²) in [5.41, 5.74) is 0. The van der Waals surface area contributed by atoms with E-state index in [1.54, 1.807) is 0 Å². The van der Waals surface area contributed by atoms with Crippen LogP contribution < -0.4 is 0 Å². The standard InChI is InChI=1S/C13H30N2OP2.6CO.2Fe/c1-9(2)14(10(3)4)17-13(16)18-15(11(5)6)12(7)8;6*1-2;;/h9-12,17-18H,1-8H3;;;;;;;;. The maximum absolute atomic E-state index is 12.2. The molecule has 9 nitrogen and oxygen atoms in total. The van der Waals surface area contributed by atoms with E-state index >= 15 is 0 Å². The molecular formula is C19H30Fe2N2O7P2. The predicted octanol–water partition coefficient (Wildman–Crippen LogP) is 4.30. The first-order valence-corrected chi connectivity index (χ1v) is 9.92. The van der Waals surface area contributed by atoms with Gasteiger partial charge in [0.05, 0.1) is 0 Å². The number of carbonyl (C=O) groups excluding carboxylic acids is 1. The zero-order valence-corrected chi connectivity index (χ0v) is 23.5. The Morgan fingerprint density at radius 1 is 0.500 bits per heavy atom. The number of nitrogens with zero attached hydrogens (tertiary/aromatic N) is 2. The van der Waals surface area contributed by atoms with Crippen LogP contribution in [0.25, 0.3) is 0 Å². The Morgan fingerprint density at radius 3 is 0.719 bits per heavy atom. The summed E-state index contributed by atoms with van der Waals surface area (Å²) in [5, 5.41) is 0.375. The second-order valence-corrected chi connectivity index (χ2v) is 8.63. The third-order valence-corrected chi connectivity index (χ3v) is 6.35. The van der Waals surface area contributed by atoms with Crippen LogP contribution in [0.3, 0.4) is 0 Å². The molecule has 184 valence electrons. The second-order valence-electron chi connectivity index (χ2n) is 5.74. The van der Waals surface area contributed by atoms with Gasteiger partial charge in [0.15, 0.2) is 5.27 Å². The molecule has 0 saturated carbocycles. The summed E-state index contributed by atoms with van der Waals surface area (Å²) in [7, 11) is 0.602. The van der Waals surface area contributed by atoms with E-state index in [4.69, 9.17) is 27.9 Å². The molecule has 2 unspecified atom stereocenters. The molecule has 0 amide bonds. The third-order valence-electron chi connectivity index (χ3n) is 2.69. The Hall–Kier alpha value is -0.0710. The van der Waals surface area contributed by atoms with E-state index in [2.05, 4.69) is 105 Å². The fourth-order valence-corrected chi connectivity index (χ4v) is 4.44. The number of hydrogen-bond donors (Lipinski definition) is 0. The van der Waals surface area contributed by atoms with Gasteiger partial charge >= 0.3 is 67.8 Å². The van der Waals surface area contributed by atoms with Crippen LogP contribution in [0.1, 0.15) is 55.4 Å². The molecule has 0 aliphatic heterocycles. The summed E-state index contributed by atoms with van der Waals surface area (Å²) in [4.78, 5) is 12.2. The second kappa shape index (κ2) is 52.7. The molecule has 0 saturated heterocycles. The van der Waals surface area contributed by atoms with Crippen molar-refractivity contribution >= 4 is 22.7 Å². The van der Waals surface area contributed by atoms with E-state index in [9.17, 15) is 4.79 Å². The molecule has 0 radical (unpaired) electrons. The molecule has 0 N–H and O–H groups in total. The molecule has 0 heterocycles. The molecule has 0 bridgehead atoms. The zero-order chi connectivity index (χ0) is 26.5. The SMILES string of the molecule is CC(C)N(PC(=O)PN(C(C)C)C(C)C)C(C)C.[C-]#[O+].[C-]#[O+].[C-]#[O+].[C-]#[O+].[C-]#[O+].[C-]#[O+].[Fe].[Fe]. The van der Waals surface area contributed by atoms with Crippen LogP contribution in [0.4, 0.5) is 4.79 Å². The van der Waals surface area contributed by atoms with Gasteiger partial charge < -0.3 is 0 Å². The van der Waals surface area contributed by atoms with Crippen LogP contribution in [-0.2, 0) is 62.1 Å². The fraction of sp³-hybridized carbons (Fsp3) is 0.632. The van der Waals surface area contributed by atoms with E-state index in [0.29, 0.717) is 46.9 Å². The van der Waals surface area contributed by atoms with Crippen molar-refractivity contribution in [3.63, 3.8) is 0 Å². The Morgan fingerprint density at radius 2 is 0.625 bits per heavy atom. The predicted molar refractivity (Wildman–Crippen MR) is 110 cm³/mol. The average molecular weight is 572 g/mol. The first-order valence-electron chi connectivity index (χ1n) is 8.03. The van der Waals surface area contributed by atoms with Crippen LogP contribution >= 0.6 is 17.5 Å². The molecule has 0 spiro atoms. The van der Waals surface area contributed by atoms with E-state index in [1.165, 1.54) is 0 Å². The molecule has 13 heteroatoms. The van der Waals surface area contributed by atoms with Gasteiger partial charge in [-0.05, 0) is 55.4 Å². The number of carbonyl (C=O) groups is 1. The van der Waals surface area contributed by atoms with Crippen LogP contribution in [-0.4, -0.2) is 38.8 Å². The van der Waals surface area contributed by atoms with E-state index in [0.717, 1.165) is 0 Å². The van der Waals surface area contributed by atoms with Gasteiger partial charge in [-0.3, -0.25) is 14.1 Å². The third kappa shape index (κ3) is 43.7. The Balaban J connectivity index is -0.0000000465. The van der Waals surface area contributed by atoms with Crippen molar-refractivity contribution in [3.05, 3.63) is 39.9 Å². The van der Waals surface area contributed by atoms with E-state index in [-0.39, 0.29) is 34.1 Å². The minimum atomic E-state index is 0. The molecule has 0 aliphatic carbocycles. The molecule has 32 heavy (non-hydrogen) atoms. The Labute approximate surface area is 217 Å². The fourth-order valence-electron chi connectivity index (χ4n) is 1.97. The van der Waals surface area contributed by atoms with Gasteiger partial charge in [-0.2, -0.15) is 0 Å². The minimum Gasteiger partial charge on any atom is 0 e. The van der Waals surface area contributed by atoms with Crippen molar-refractivity contribution in [1.29, 1.82) is 0 Å². The molecular weight excluding hydrogens is 542 g/mol. The average Bonchev–Trinajstić information content (AvgIpc) is 2.78. The number of rotatable bonds is 8. The molecule has 0 rings (SSSR count). The maximum atomic E-state index is 12.2. The van der Waals surface area contributed by atoms with Crippen LogP contribution in [0.2, 0.25) is 0 Å². The summed E-state index contributed by atoms with van der Waals surface area (Å²) < 4.78 is 49.6. The Kier molecular flexibility index (Phi) is 95.7. The zero-order valence-electron chi connectivity index (χ0n) is 19.3. The maximum Gasteiger partial charge on any atom is 0 e. The normalized spacial score (nSPS) is 8.31. The van der Waals surface area contributed by atoms with Crippen molar-refractivity contribution in [1.82, 2.24) is 9.34 Å². The van der Waals surface area contributed by atoms with Gasteiger partial charge in [-0.15, -0.1) is 0 Å². The largest absolute Gasteiger partial charge is 0 e. The summed E-state index contributed by atoms with van der Waals surface area (Å²) in [6, 6.07) is 1.74. The molecule has 0 aliphatic rings. The molecule has 2 atom stereocenters. The quantitative estimate of drug-likeness (QED) is 0.185. The van der Waals surface area contributed by atoms with Crippen molar-refractivity contribution in [2.24, 2.45) is 0 Å². The topological polar surface area (TPSA) is 143 Å². The summed E-state index contributed by atoms with van der Waals surface area (Å²) >= 11 is 0.